The minimum atomic E-state index is -0.118. The zero-order valence-corrected chi connectivity index (χ0v) is 12.6. The van der Waals surface area contributed by atoms with Gasteiger partial charge in [-0.15, -0.1) is 0 Å². The van der Waals surface area contributed by atoms with E-state index < -0.39 is 0 Å². The van der Waals surface area contributed by atoms with E-state index in [1.807, 2.05) is 36.6 Å². The molecule has 0 fully saturated rings. The molecule has 0 bridgehead atoms. The molecule has 3 aromatic rings. The molecule has 2 N–H and O–H groups in total. The maximum atomic E-state index is 12.0. The lowest BCUT2D eigenvalue weighted by Crippen LogP contribution is -2.27. The van der Waals surface area contributed by atoms with E-state index in [4.69, 9.17) is 0 Å². The van der Waals surface area contributed by atoms with Crippen molar-refractivity contribution in [3.05, 3.63) is 52.5 Å². The lowest BCUT2D eigenvalue weighted by molar-refractivity contribution is -0.121. The summed E-state index contributed by atoms with van der Waals surface area (Å²) in [5.74, 6) is 0.842. The standard InChI is InChI=1S/C16H17N3OS/c1-11(16-18-13-4-2-3-5-14(13)19-16)17-15(20)7-6-12-8-9-21-10-12/h2-5,8-11H,6-7H2,1H3,(H,17,20)(H,18,19)/t11-/m0/s1. The van der Waals surface area contributed by atoms with Crippen LogP contribution in [0.15, 0.2) is 41.1 Å². The number of thiophene rings is 1. The van der Waals surface area contributed by atoms with Gasteiger partial charge in [0.2, 0.25) is 5.91 Å². The number of hydrogen-bond donors (Lipinski definition) is 2. The number of imidazole rings is 1. The fourth-order valence-electron chi connectivity index (χ4n) is 2.25. The predicted molar refractivity (Wildman–Crippen MR) is 85.3 cm³/mol. The first-order valence-electron chi connectivity index (χ1n) is 6.97. The van der Waals surface area contributed by atoms with Crippen molar-refractivity contribution in [2.45, 2.75) is 25.8 Å². The van der Waals surface area contributed by atoms with Gasteiger partial charge in [0.05, 0.1) is 17.1 Å². The highest BCUT2D eigenvalue weighted by molar-refractivity contribution is 7.07. The monoisotopic (exact) mass is 299 g/mol. The topological polar surface area (TPSA) is 57.8 Å². The molecule has 0 radical (unpaired) electrons. The molecule has 21 heavy (non-hydrogen) atoms. The second-order valence-corrected chi connectivity index (χ2v) is 5.84. The Kier molecular flexibility index (Phi) is 4.01. The molecule has 0 aliphatic carbocycles. The molecule has 0 unspecified atom stereocenters. The number of carbonyl (C=O) groups excluding carboxylic acids is 1. The van der Waals surface area contributed by atoms with Crippen molar-refractivity contribution in [2.24, 2.45) is 0 Å². The summed E-state index contributed by atoms with van der Waals surface area (Å²) in [6, 6.07) is 9.80. The van der Waals surface area contributed by atoms with E-state index in [1.165, 1.54) is 5.56 Å². The number of aromatic nitrogens is 2. The molecule has 4 nitrogen and oxygen atoms in total. The third-order valence-electron chi connectivity index (χ3n) is 3.42. The molecule has 5 heteroatoms. The number of aromatic amines is 1. The summed E-state index contributed by atoms with van der Waals surface area (Å²) in [4.78, 5) is 19.7. The number of nitrogens with zero attached hydrogens (tertiary/aromatic N) is 1. The number of carbonyl (C=O) groups is 1. The third-order valence-corrected chi connectivity index (χ3v) is 4.15. The van der Waals surface area contributed by atoms with E-state index in [1.54, 1.807) is 11.3 Å². The van der Waals surface area contributed by atoms with Gasteiger partial charge in [0, 0.05) is 6.42 Å². The van der Waals surface area contributed by atoms with Crippen LogP contribution in [0.3, 0.4) is 0 Å². The second kappa shape index (κ2) is 6.10. The molecule has 0 saturated heterocycles. The predicted octanol–water partition coefficient (Wildman–Crippen LogP) is 3.43. The average Bonchev–Trinajstić information content (AvgIpc) is 3.14. The molecule has 2 aromatic heterocycles. The first-order chi connectivity index (χ1) is 10.2. The lowest BCUT2D eigenvalue weighted by atomic mass is 10.2. The Balaban J connectivity index is 1.60. The Morgan fingerprint density at radius 3 is 3.00 bits per heavy atom. The first-order valence-corrected chi connectivity index (χ1v) is 7.92. The number of amides is 1. The fourth-order valence-corrected chi connectivity index (χ4v) is 2.96. The molecule has 1 atom stereocenters. The number of aryl methyl sites for hydroxylation is 1. The van der Waals surface area contributed by atoms with Crippen LogP contribution in [-0.2, 0) is 11.2 Å². The molecule has 0 spiro atoms. The highest BCUT2D eigenvalue weighted by Gasteiger charge is 2.13. The van der Waals surface area contributed by atoms with Crippen molar-refractivity contribution in [3.8, 4) is 0 Å². The van der Waals surface area contributed by atoms with Crippen molar-refractivity contribution < 1.29 is 4.79 Å². The van der Waals surface area contributed by atoms with E-state index in [0.717, 1.165) is 23.3 Å². The van der Waals surface area contributed by atoms with Crippen LogP contribution in [0.4, 0.5) is 0 Å². The summed E-state index contributed by atoms with van der Waals surface area (Å²) in [5, 5.41) is 7.10. The fraction of sp³-hybridized carbons (Fsp3) is 0.250. The Bertz CT molecular complexity index is 700. The molecule has 3 rings (SSSR count). The maximum Gasteiger partial charge on any atom is 0.220 e. The number of fused-ring (bicyclic) bond motifs is 1. The molecule has 1 aromatic carbocycles. The number of benzene rings is 1. The summed E-state index contributed by atoms with van der Waals surface area (Å²) >= 11 is 1.66. The van der Waals surface area contributed by atoms with E-state index in [-0.39, 0.29) is 11.9 Å². The molecular formula is C16H17N3OS. The third kappa shape index (κ3) is 3.31. The minimum absolute atomic E-state index is 0.0501. The lowest BCUT2D eigenvalue weighted by Gasteiger charge is -2.11. The van der Waals surface area contributed by atoms with Crippen LogP contribution >= 0.6 is 11.3 Å². The highest BCUT2D eigenvalue weighted by Crippen LogP contribution is 2.16. The van der Waals surface area contributed by atoms with Gasteiger partial charge in [0.1, 0.15) is 5.82 Å². The van der Waals surface area contributed by atoms with Crippen LogP contribution in [0.25, 0.3) is 11.0 Å². The van der Waals surface area contributed by atoms with Crippen LogP contribution in [0, 0.1) is 0 Å². The van der Waals surface area contributed by atoms with Gasteiger partial charge in [-0.25, -0.2) is 4.98 Å². The summed E-state index contributed by atoms with van der Waals surface area (Å²) in [5.41, 5.74) is 3.13. The van der Waals surface area contributed by atoms with Crippen molar-refractivity contribution in [3.63, 3.8) is 0 Å². The quantitative estimate of drug-likeness (QED) is 0.758. The number of nitrogens with one attached hydrogen (secondary N) is 2. The Hall–Kier alpha value is -2.14. The normalized spacial score (nSPS) is 12.4. The van der Waals surface area contributed by atoms with Gasteiger partial charge in [-0.2, -0.15) is 11.3 Å². The van der Waals surface area contributed by atoms with Gasteiger partial charge in [-0.3, -0.25) is 4.79 Å². The van der Waals surface area contributed by atoms with Gasteiger partial charge in [-0.05, 0) is 47.9 Å². The van der Waals surface area contributed by atoms with Crippen LogP contribution < -0.4 is 5.32 Å². The molecule has 0 aliphatic rings. The van der Waals surface area contributed by atoms with Gasteiger partial charge in [0.15, 0.2) is 0 Å². The Morgan fingerprint density at radius 1 is 1.38 bits per heavy atom. The van der Waals surface area contributed by atoms with E-state index in [9.17, 15) is 4.79 Å². The number of rotatable bonds is 5. The smallest absolute Gasteiger partial charge is 0.220 e. The van der Waals surface area contributed by atoms with Crippen molar-refractivity contribution in [2.75, 3.05) is 0 Å². The van der Waals surface area contributed by atoms with Gasteiger partial charge >= 0.3 is 0 Å². The van der Waals surface area contributed by atoms with E-state index >= 15 is 0 Å². The number of H-pyrrole nitrogens is 1. The van der Waals surface area contributed by atoms with Crippen LogP contribution in [0.5, 0.6) is 0 Å². The molecule has 108 valence electrons. The van der Waals surface area contributed by atoms with Crippen LogP contribution in [0.2, 0.25) is 0 Å². The van der Waals surface area contributed by atoms with Crippen molar-refractivity contribution in [1.29, 1.82) is 0 Å². The molecule has 0 aliphatic heterocycles. The number of para-hydroxylation sites is 2. The molecule has 0 saturated carbocycles. The maximum absolute atomic E-state index is 12.0. The largest absolute Gasteiger partial charge is 0.346 e. The van der Waals surface area contributed by atoms with Gasteiger partial charge in [-0.1, -0.05) is 12.1 Å². The Morgan fingerprint density at radius 2 is 2.24 bits per heavy atom. The van der Waals surface area contributed by atoms with Gasteiger partial charge in [0.25, 0.3) is 0 Å². The minimum Gasteiger partial charge on any atom is -0.346 e. The summed E-state index contributed by atoms with van der Waals surface area (Å²) in [7, 11) is 0. The van der Waals surface area contributed by atoms with E-state index in [2.05, 4.69) is 26.7 Å². The molecular weight excluding hydrogens is 282 g/mol. The summed E-state index contributed by atoms with van der Waals surface area (Å²) in [6.07, 6.45) is 1.28. The van der Waals surface area contributed by atoms with E-state index in [0.29, 0.717) is 6.42 Å². The summed E-state index contributed by atoms with van der Waals surface area (Å²) < 4.78 is 0. The van der Waals surface area contributed by atoms with Crippen LogP contribution in [0.1, 0.15) is 30.8 Å². The van der Waals surface area contributed by atoms with Gasteiger partial charge < -0.3 is 10.3 Å². The van der Waals surface area contributed by atoms with Crippen molar-refractivity contribution >= 4 is 28.3 Å². The van der Waals surface area contributed by atoms with Crippen LogP contribution in [-0.4, -0.2) is 15.9 Å². The SMILES string of the molecule is C[C@H](NC(=O)CCc1ccsc1)c1nc2ccccc2[nH]1. The second-order valence-electron chi connectivity index (χ2n) is 5.06. The van der Waals surface area contributed by atoms with Crippen molar-refractivity contribution in [1.82, 2.24) is 15.3 Å². The number of hydrogen-bond acceptors (Lipinski definition) is 3. The Labute approximate surface area is 127 Å². The molecule has 1 amide bonds. The highest BCUT2D eigenvalue weighted by atomic mass is 32.1. The summed E-state index contributed by atoms with van der Waals surface area (Å²) in [6.45, 7) is 1.94. The average molecular weight is 299 g/mol. The first kappa shape index (κ1) is 13.8. The zero-order chi connectivity index (χ0) is 14.7. The zero-order valence-electron chi connectivity index (χ0n) is 11.8. The molecule has 2 heterocycles.